The first-order chi connectivity index (χ1) is 15.2. The van der Waals surface area contributed by atoms with E-state index in [1.54, 1.807) is 47.7 Å². The molecule has 0 unspecified atom stereocenters. The molecule has 1 aromatic heterocycles. The number of benzene rings is 1. The SMILES string of the molecule is CCN(CC)C(=O)c1cccc(NC(=O)C2CCN(S(=O)(=O)c3cn(C)c(C)n3)CC2)c1. The average molecular weight is 462 g/mol. The van der Waals surface area contributed by atoms with Crippen LogP contribution in [-0.2, 0) is 21.9 Å². The number of piperidine rings is 1. The van der Waals surface area contributed by atoms with Crippen molar-refractivity contribution in [2.75, 3.05) is 31.5 Å². The Bertz CT molecular complexity index is 1060. The zero-order valence-corrected chi connectivity index (χ0v) is 19.9. The van der Waals surface area contributed by atoms with Crippen LogP contribution in [0.5, 0.6) is 0 Å². The molecular weight excluding hydrogens is 430 g/mol. The van der Waals surface area contributed by atoms with E-state index in [9.17, 15) is 18.0 Å². The number of hydrogen-bond donors (Lipinski definition) is 1. The highest BCUT2D eigenvalue weighted by Crippen LogP contribution is 2.25. The van der Waals surface area contributed by atoms with E-state index < -0.39 is 10.0 Å². The van der Waals surface area contributed by atoms with Crippen LogP contribution in [0, 0.1) is 12.8 Å². The normalized spacial score (nSPS) is 15.5. The molecule has 1 N–H and O–H groups in total. The average Bonchev–Trinajstić information content (AvgIpc) is 3.14. The molecule has 32 heavy (non-hydrogen) atoms. The number of hydrogen-bond acceptors (Lipinski definition) is 5. The summed E-state index contributed by atoms with van der Waals surface area (Å²) in [7, 11) is -1.92. The van der Waals surface area contributed by atoms with E-state index >= 15 is 0 Å². The van der Waals surface area contributed by atoms with Gasteiger partial charge in [-0.2, -0.15) is 4.31 Å². The second-order valence-electron chi connectivity index (χ2n) is 7.96. The predicted octanol–water partition coefficient (Wildman–Crippen LogP) is 2.25. The Balaban J connectivity index is 1.61. The van der Waals surface area contributed by atoms with Crippen LogP contribution in [0.2, 0.25) is 0 Å². The fourth-order valence-electron chi connectivity index (χ4n) is 3.81. The highest BCUT2D eigenvalue weighted by Gasteiger charge is 2.33. The molecule has 1 aromatic carbocycles. The van der Waals surface area contributed by atoms with Gasteiger partial charge >= 0.3 is 0 Å². The number of nitrogens with zero attached hydrogens (tertiary/aromatic N) is 4. The van der Waals surface area contributed by atoms with E-state index in [-0.39, 0.29) is 35.8 Å². The Hall–Kier alpha value is -2.72. The highest BCUT2D eigenvalue weighted by molar-refractivity contribution is 7.89. The maximum absolute atomic E-state index is 12.8. The number of amides is 2. The third kappa shape index (κ3) is 5.02. The van der Waals surface area contributed by atoms with Gasteiger partial charge in [0, 0.05) is 56.6 Å². The predicted molar refractivity (Wildman–Crippen MR) is 122 cm³/mol. The number of nitrogens with one attached hydrogen (secondary N) is 1. The second-order valence-corrected chi connectivity index (χ2v) is 9.85. The molecule has 1 aliphatic rings. The molecule has 0 atom stereocenters. The summed E-state index contributed by atoms with van der Waals surface area (Å²) in [6, 6.07) is 6.91. The van der Waals surface area contributed by atoms with Gasteiger partial charge in [-0.25, -0.2) is 13.4 Å². The molecular formula is C22H31N5O4S. The number of sulfonamides is 1. The van der Waals surface area contributed by atoms with Gasteiger partial charge in [0.15, 0.2) is 5.03 Å². The molecule has 1 fully saturated rings. The van der Waals surface area contributed by atoms with E-state index in [2.05, 4.69) is 10.3 Å². The highest BCUT2D eigenvalue weighted by atomic mass is 32.2. The molecule has 2 aromatic rings. The smallest absolute Gasteiger partial charge is 0.262 e. The first-order valence-corrected chi connectivity index (χ1v) is 12.3. The number of carbonyl (C=O) groups is 2. The minimum absolute atomic E-state index is 0.0371. The van der Waals surface area contributed by atoms with Crippen molar-refractivity contribution in [3.8, 4) is 0 Å². The van der Waals surface area contributed by atoms with E-state index in [0.717, 1.165) is 0 Å². The summed E-state index contributed by atoms with van der Waals surface area (Å²) in [5.41, 5.74) is 1.09. The number of anilines is 1. The van der Waals surface area contributed by atoms with Gasteiger partial charge in [-0.1, -0.05) is 6.07 Å². The van der Waals surface area contributed by atoms with Crippen LogP contribution in [0.15, 0.2) is 35.5 Å². The second kappa shape index (κ2) is 9.83. The van der Waals surface area contributed by atoms with Crippen LogP contribution >= 0.6 is 0 Å². The van der Waals surface area contributed by atoms with Crippen molar-refractivity contribution in [1.29, 1.82) is 0 Å². The maximum Gasteiger partial charge on any atom is 0.262 e. The number of imidazole rings is 1. The summed E-state index contributed by atoms with van der Waals surface area (Å²) in [6.07, 6.45) is 2.36. The van der Waals surface area contributed by atoms with Crippen molar-refractivity contribution in [3.63, 3.8) is 0 Å². The summed E-state index contributed by atoms with van der Waals surface area (Å²) < 4.78 is 28.7. The first kappa shape index (κ1) is 23.9. The lowest BCUT2D eigenvalue weighted by atomic mass is 9.97. The molecule has 2 amide bonds. The Morgan fingerprint density at radius 1 is 1.19 bits per heavy atom. The molecule has 3 rings (SSSR count). The third-order valence-corrected chi connectivity index (χ3v) is 7.71. The Morgan fingerprint density at radius 2 is 1.84 bits per heavy atom. The third-order valence-electron chi connectivity index (χ3n) is 5.94. The van der Waals surface area contributed by atoms with Gasteiger partial charge < -0.3 is 14.8 Å². The molecule has 0 bridgehead atoms. The maximum atomic E-state index is 12.8. The minimum atomic E-state index is -3.67. The van der Waals surface area contributed by atoms with Crippen molar-refractivity contribution in [3.05, 3.63) is 41.9 Å². The largest absolute Gasteiger partial charge is 0.339 e. The fraction of sp³-hybridized carbons (Fsp3) is 0.500. The lowest BCUT2D eigenvalue weighted by Gasteiger charge is -2.30. The molecule has 174 valence electrons. The molecule has 9 nitrogen and oxygen atoms in total. The van der Waals surface area contributed by atoms with Gasteiger partial charge in [0.2, 0.25) is 5.91 Å². The van der Waals surface area contributed by atoms with Gasteiger partial charge in [-0.05, 0) is 51.8 Å². The molecule has 1 saturated heterocycles. The molecule has 0 saturated carbocycles. The van der Waals surface area contributed by atoms with Crippen LogP contribution in [0.3, 0.4) is 0 Å². The van der Waals surface area contributed by atoms with Crippen LogP contribution < -0.4 is 5.32 Å². The zero-order valence-electron chi connectivity index (χ0n) is 19.0. The topological polar surface area (TPSA) is 105 Å². The monoisotopic (exact) mass is 461 g/mol. The molecule has 2 heterocycles. The Morgan fingerprint density at radius 3 is 2.41 bits per heavy atom. The van der Waals surface area contributed by atoms with Crippen LogP contribution in [0.1, 0.15) is 42.9 Å². The summed E-state index contributed by atoms with van der Waals surface area (Å²) in [4.78, 5) is 31.2. The van der Waals surface area contributed by atoms with Gasteiger partial charge in [0.05, 0.1) is 0 Å². The van der Waals surface area contributed by atoms with Crippen LogP contribution in [0.4, 0.5) is 5.69 Å². The summed E-state index contributed by atoms with van der Waals surface area (Å²) in [5, 5.41) is 2.92. The van der Waals surface area contributed by atoms with Crippen LogP contribution in [-0.4, -0.2) is 65.2 Å². The standard InChI is InChI=1S/C22H31N5O4S/c1-5-26(6-2)22(29)18-8-7-9-19(14-18)24-21(28)17-10-12-27(13-11-17)32(30,31)20-15-25(4)16(3)23-20/h7-9,14-15,17H,5-6,10-13H2,1-4H3,(H,24,28). The number of carbonyl (C=O) groups excluding carboxylic acids is 2. The van der Waals surface area contributed by atoms with E-state index in [1.807, 2.05) is 13.8 Å². The number of aryl methyl sites for hydroxylation is 2. The molecule has 10 heteroatoms. The van der Waals surface area contributed by atoms with Crippen LogP contribution in [0.25, 0.3) is 0 Å². The lowest BCUT2D eigenvalue weighted by molar-refractivity contribution is -0.120. The molecule has 1 aliphatic heterocycles. The van der Waals surface area contributed by atoms with E-state index in [4.69, 9.17) is 0 Å². The molecule has 0 aliphatic carbocycles. The van der Waals surface area contributed by atoms with E-state index in [1.165, 1.54) is 10.5 Å². The Kier molecular flexibility index (Phi) is 7.35. The summed E-state index contributed by atoms with van der Waals surface area (Å²) in [6.45, 7) is 7.35. The van der Waals surface area contributed by atoms with E-state index in [0.29, 0.717) is 43.0 Å². The quantitative estimate of drug-likeness (QED) is 0.681. The summed E-state index contributed by atoms with van der Waals surface area (Å²) in [5.74, 6) is 0.0890. The molecule has 0 radical (unpaired) electrons. The van der Waals surface area contributed by atoms with Crippen molar-refractivity contribution in [1.82, 2.24) is 18.8 Å². The Labute approximate surface area is 189 Å². The minimum Gasteiger partial charge on any atom is -0.339 e. The van der Waals surface area contributed by atoms with Gasteiger partial charge in [-0.15, -0.1) is 0 Å². The van der Waals surface area contributed by atoms with Crippen molar-refractivity contribution < 1.29 is 18.0 Å². The van der Waals surface area contributed by atoms with Gasteiger partial charge in [-0.3, -0.25) is 9.59 Å². The van der Waals surface area contributed by atoms with Gasteiger partial charge in [0.25, 0.3) is 15.9 Å². The first-order valence-electron chi connectivity index (χ1n) is 10.9. The van der Waals surface area contributed by atoms with Crippen molar-refractivity contribution in [2.24, 2.45) is 13.0 Å². The van der Waals surface area contributed by atoms with Crippen molar-refractivity contribution in [2.45, 2.75) is 38.6 Å². The number of aromatic nitrogens is 2. The fourth-order valence-corrected chi connectivity index (χ4v) is 5.30. The molecule has 0 spiro atoms. The zero-order chi connectivity index (χ0) is 23.5. The van der Waals surface area contributed by atoms with Gasteiger partial charge in [0.1, 0.15) is 5.82 Å². The lowest BCUT2D eigenvalue weighted by Crippen LogP contribution is -2.41. The summed E-state index contributed by atoms with van der Waals surface area (Å²) >= 11 is 0. The van der Waals surface area contributed by atoms with Crippen molar-refractivity contribution >= 4 is 27.5 Å². The number of rotatable bonds is 7.